The molecule has 0 saturated heterocycles. The molecule has 0 bridgehead atoms. The third-order valence-electron chi connectivity index (χ3n) is 1.51. The van der Waals surface area contributed by atoms with Crippen molar-refractivity contribution in [3.05, 3.63) is 0 Å². The molecule has 0 aliphatic carbocycles. The standard InChI is InChI=1S/C8H18O.4H2O.Zr/c1-2-3-4-5-6-7-8-9;;;;;/h9H,2-8H2,1H3;4*1H2;/q;;;;;+4/p-4. The van der Waals surface area contributed by atoms with E-state index in [4.69, 9.17) is 5.11 Å². The first-order chi connectivity index (χ1) is 4.41. The van der Waals surface area contributed by atoms with Gasteiger partial charge in [0.05, 0.1) is 0 Å². The minimum atomic E-state index is 0. The van der Waals surface area contributed by atoms with Crippen LogP contribution in [-0.4, -0.2) is 33.6 Å². The summed E-state index contributed by atoms with van der Waals surface area (Å²) in [4.78, 5) is 0. The Morgan fingerprint density at radius 1 is 0.714 bits per heavy atom. The Morgan fingerprint density at radius 3 is 1.43 bits per heavy atom. The van der Waals surface area contributed by atoms with Gasteiger partial charge in [-0.3, -0.25) is 0 Å². The Hall–Kier alpha value is 0.683. The van der Waals surface area contributed by atoms with Crippen molar-refractivity contribution in [3.8, 4) is 0 Å². The van der Waals surface area contributed by atoms with Gasteiger partial charge in [-0.1, -0.05) is 39.0 Å². The molecule has 0 amide bonds. The van der Waals surface area contributed by atoms with E-state index >= 15 is 0 Å². The first-order valence-electron chi connectivity index (χ1n) is 4.02. The van der Waals surface area contributed by atoms with Gasteiger partial charge in [-0.05, 0) is 6.42 Å². The SMILES string of the molecule is CCCCCCCCO.[OH-].[OH-].[OH-].[OH-].[Zr+4]. The predicted molar refractivity (Wildman–Crippen MR) is 48.2 cm³/mol. The molecule has 0 unspecified atom stereocenters. The van der Waals surface area contributed by atoms with Gasteiger partial charge < -0.3 is 27.0 Å². The van der Waals surface area contributed by atoms with Crippen LogP contribution in [0.15, 0.2) is 0 Å². The first-order valence-corrected chi connectivity index (χ1v) is 4.02. The summed E-state index contributed by atoms with van der Waals surface area (Å²) >= 11 is 0. The summed E-state index contributed by atoms with van der Waals surface area (Å²) in [5.74, 6) is 0. The fourth-order valence-corrected chi connectivity index (χ4v) is 0.892. The summed E-state index contributed by atoms with van der Waals surface area (Å²) in [6.07, 6.45) is 7.50. The van der Waals surface area contributed by atoms with Gasteiger partial charge in [0.25, 0.3) is 0 Å². The number of hydrogen-bond acceptors (Lipinski definition) is 5. The van der Waals surface area contributed by atoms with Crippen LogP contribution in [0.2, 0.25) is 0 Å². The van der Waals surface area contributed by atoms with Gasteiger partial charge in [0.1, 0.15) is 0 Å². The molecule has 0 aromatic rings. The normalized spacial score (nSPS) is 6.43. The Morgan fingerprint density at radius 2 is 1.07 bits per heavy atom. The van der Waals surface area contributed by atoms with Crippen molar-refractivity contribution in [1.29, 1.82) is 0 Å². The average Bonchev–Trinajstić information content (AvgIpc) is 1.89. The molecule has 0 aromatic carbocycles. The summed E-state index contributed by atoms with van der Waals surface area (Å²) in [6, 6.07) is 0. The summed E-state index contributed by atoms with van der Waals surface area (Å²) in [6.45, 7) is 2.58. The third kappa shape index (κ3) is 38.8. The molecule has 88 valence electrons. The summed E-state index contributed by atoms with van der Waals surface area (Å²) in [5, 5.41) is 8.42. The molecule has 0 atom stereocenters. The van der Waals surface area contributed by atoms with E-state index in [-0.39, 0.29) is 48.1 Å². The summed E-state index contributed by atoms with van der Waals surface area (Å²) in [5.41, 5.74) is 0. The maximum atomic E-state index is 8.42. The molecule has 0 aliphatic heterocycles. The van der Waals surface area contributed by atoms with Crippen molar-refractivity contribution in [2.45, 2.75) is 45.4 Å². The van der Waals surface area contributed by atoms with Crippen molar-refractivity contribution in [2.24, 2.45) is 0 Å². The van der Waals surface area contributed by atoms with Crippen LogP contribution in [0.3, 0.4) is 0 Å². The van der Waals surface area contributed by atoms with Gasteiger partial charge in [0.15, 0.2) is 0 Å². The Balaban J connectivity index is -0.0000000320. The second-order valence-corrected chi connectivity index (χ2v) is 2.49. The van der Waals surface area contributed by atoms with E-state index < -0.39 is 0 Å². The average molecular weight is 289 g/mol. The van der Waals surface area contributed by atoms with Crippen LogP contribution >= 0.6 is 0 Å². The first kappa shape index (κ1) is 36.5. The molecule has 0 aliphatic rings. The molecule has 0 spiro atoms. The van der Waals surface area contributed by atoms with E-state index in [2.05, 4.69) is 6.92 Å². The second-order valence-electron chi connectivity index (χ2n) is 2.49. The summed E-state index contributed by atoms with van der Waals surface area (Å²) in [7, 11) is 0. The van der Waals surface area contributed by atoms with Crippen molar-refractivity contribution >= 4 is 0 Å². The Bertz CT molecular complexity index is 51.0. The Labute approximate surface area is 105 Å². The molecule has 0 saturated carbocycles. The Kier molecular flexibility index (Phi) is 97.1. The van der Waals surface area contributed by atoms with Gasteiger partial charge in [-0.25, -0.2) is 0 Å². The van der Waals surface area contributed by atoms with E-state index in [1.165, 1.54) is 32.1 Å². The maximum absolute atomic E-state index is 8.42. The van der Waals surface area contributed by atoms with Gasteiger partial charge in [-0.15, -0.1) is 0 Å². The van der Waals surface area contributed by atoms with Crippen molar-refractivity contribution < 1.29 is 53.2 Å². The molecule has 0 heterocycles. The number of rotatable bonds is 6. The molecule has 14 heavy (non-hydrogen) atoms. The molecule has 5 N–H and O–H groups in total. The zero-order valence-corrected chi connectivity index (χ0v) is 11.1. The largest absolute Gasteiger partial charge is 4.00 e. The van der Waals surface area contributed by atoms with Crippen LogP contribution in [0.5, 0.6) is 0 Å². The van der Waals surface area contributed by atoms with Crippen LogP contribution in [0, 0.1) is 0 Å². The zero-order valence-electron chi connectivity index (χ0n) is 8.69. The van der Waals surface area contributed by atoms with E-state index in [0.717, 1.165) is 6.42 Å². The van der Waals surface area contributed by atoms with Gasteiger partial charge in [-0.2, -0.15) is 0 Å². The molecule has 6 heteroatoms. The fourth-order valence-electron chi connectivity index (χ4n) is 0.892. The minimum Gasteiger partial charge on any atom is -0.870 e. The number of unbranched alkanes of at least 4 members (excludes halogenated alkanes) is 5. The number of aliphatic hydroxyl groups excluding tert-OH is 1. The van der Waals surface area contributed by atoms with Crippen LogP contribution in [0.4, 0.5) is 0 Å². The topological polar surface area (TPSA) is 140 Å². The van der Waals surface area contributed by atoms with E-state index in [9.17, 15) is 0 Å². The number of aliphatic hydroxyl groups is 1. The van der Waals surface area contributed by atoms with E-state index in [1.807, 2.05) is 0 Å². The molecule has 0 fully saturated rings. The van der Waals surface area contributed by atoms with Gasteiger partial charge in [0.2, 0.25) is 0 Å². The van der Waals surface area contributed by atoms with Crippen LogP contribution < -0.4 is 0 Å². The molecular weight excluding hydrogens is 267 g/mol. The minimum absolute atomic E-state index is 0. The van der Waals surface area contributed by atoms with E-state index in [0.29, 0.717) is 6.61 Å². The van der Waals surface area contributed by atoms with Crippen LogP contribution in [0.1, 0.15) is 45.4 Å². The molecule has 0 radical (unpaired) electrons. The van der Waals surface area contributed by atoms with Crippen LogP contribution in [-0.2, 0) is 26.2 Å². The van der Waals surface area contributed by atoms with Crippen molar-refractivity contribution in [1.82, 2.24) is 0 Å². The zero-order chi connectivity index (χ0) is 6.95. The predicted octanol–water partition coefficient (Wildman–Crippen LogP) is 1.63. The van der Waals surface area contributed by atoms with Crippen molar-refractivity contribution in [2.75, 3.05) is 6.61 Å². The second kappa shape index (κ2) is 37.3. The number of hydrogen-bond donors (Lipinski definition) is 1. The van der Waals surface area contributed by atoms with Gasteiger partial charge in [0, 0.05) is 6.61 Å². The smallest absolute Gasteiger partial charge is 0.870 e. The quantitative estimate of drug-likeness (QED) is 0.740. The molecule has 5 nitrogen and oxygen atoms in total. The van der Waals surface area contributed by atoms with Gasteiger partial charge >= 0.3 is 26.2 Å². The van der Waals surface area contributed by atoms with Crippen LogP contribution in [0.25, 0.3) is 0 Å². The van der Waals surface area contributed by atoms with E-state index in [1.54, 1.807) is 0 Å². The monoisotopic (exact) mass is 288 g/mol. The fraction of sp³-hybridized carbons (Fsp3) is 1.00. The molecule has 0 rings (SSSR count). The summed E-state index contributed by atoms with van der Waals surface area (Å²) < 4.78 is 0. The molecule has 0 aromatic heterocycles. The maximum Gasteiger partial charge on any atom is 4.00 e. The third-order valence-corrected chi connectivity index (χ3v) is 1.51. The van der Waals surface area contributed by atoms with Crippen molar-refractivity contribution in [3.63, 3.8) is 0 Å². The molecular formula is C8H22O5Zr.